The van der Waals surface area contributed by atoms with E-state index in [1.165, 1.54) is 0 Å². The summed E-state index contributed by atoms with van der Waals surface area (Å²) in [6.07, 6.45) is 0. The van der Waals surface area contributed by atoms with E-state index < -0.39 is 39.3 Å². The van der Waals surface area contributed by atoms with Gasteiger partial charge < -0.3 is 15.2 Å². The van der Waals surface area contributed by atoms with Gasteiger partial charge in [-0.15, -0.1) is 17.0 Å². The normalized spacial score (nSPS) is 10.6. The molecule has 0 aromatic heterocycles. The third kappa shape index (κ3) is 7.25. The van der Waals surface area contributed by atoms with Crippen molar-refractivity contribution in [3.8, 4) is 0 Å². The minimum absolute atomic E-state index is 0. The van der Waals surface area contributed by atoms with Crippen LogP contribution in [0.25, 0.3) is 0 Å². The van der Waals surface area contributed by atoms with Gasteiger partial charge in [-0.2, -0.15) is 0 Å². The van der Waals surface area contributed by atoms with E-state index in [0.717, 1.165) is 12.1 Å². The van der Waals surface area contributed by atoms with E-state index >= 15 is 0 Å². The number of halogens is 2. The molecular weight excluding hydrogens is 458 g/mol. The highest BCUT2D eigenvalue weighted by Gasteiger charge is 2.22. The summed E-state index contributed by atoms with van der Waals surface area (Å²) < 4.78 is 28.0. The van der Waals surface area contributed by atoms with Gasteiger partial charge in [0, 0.05) is 0 Å². The van der Waals surface area contributed by atoms with E-state index in [4.69, 9.17) is 26.6 Å². The standard InChI is InChI=1S/C13H16ClN3O7S.BrH/c1-2-24-13(21)7-3-8(12(14)9(4-7)25(15,22)23)17-10(18)5-16-6-11(19)20;/h3-4,16H,2,5-6H2,1H3,(H,17,18)(H,19,20)(H2,15,22,23);1H. The maximum atomic E-state index is 11.8. The molecule has 1 rings (SSSR count). The molecule has 5 N–H and O–H groups in total. The molecule has 0 fully saturated rings. The van der Waals surface area contributed by atoms with E-state index in [1.54, 1.807) is 6.92 Å². The molecule has 0 radical (unpaired) electrons. The summed E-state index contributed by atoms with van der Waals surface area (Å²) in [5, 5.41) is 17.8. The summed E-state index contributed by atoms with van der Waals surface area (Å²) in [5.74, 6) is -2.69. The lowest BCUT2D eigenvalue weighted by molar-refractivity contribution is -0.135. The predicted octanol–water partition coefficient (Wildman–Crippen LogP) is 0.355. The van der Waals surface area contributed by atoms with Crippen LogP contribution in [0.1, 0.15) is 17.3 Å². The van der Waals surface area contributed by atoms with Gasteiger partial charge in [-0.25, -0.2) is 18.4 Å². The summed E-state index contributed by atoms with van der Waals surface area (Å²) in [6, 6.07) is 2.07. The second-order valence-electron chi connectivity index (χ2n) is 4.65. The van der Waals surface area contributed by atoms with Gasteiger partial charge in [0.05, 0.1) is 36.0 Å². The average Bonchev–Trinajstić information content (AvgIpc) is 2.47. The number of primary sulfonamides is 1. The smallest absolute Gasteiger partial charge is 0.338 e. The summed E-state index contributed by atoms with van der Waals surface area (Å²) in [4.78, 5) is 33.4. The Hall–Kier alpha value is -1.73. The van der Waals surface area contributed by atoms with E-state index in [2.05, 4.69) is 10.6 Å². The summed E-state index contributed by atoms with van der Waals surface area (Å²) in [5.41, 5.74) is -0.359. The second-order valence-corrected chi connectivity index (χ2v) is 6.55. The Labute approximate surface area is 164 Å². The molecule has 0 aliphatic heterocycles. The largest absolute Gasteiger partial charge is 0.480 e. The molecule has 0 heterocycles. The van der Waals surface area contributed by atoms with Crippen molar-refractivity contribution in [2.75, 3.05) is 25.0 Å². The number of benzene rings is 1. The first-order chi connectivity index (χ1) is 11.6. The first kappa shape index (κ1) is 24.3. The Morgan fingerprint density at radius 3 is 2.38 bits per heavy atom. The molecule has 0 saturated heterocycles. The fourth-order valence-corrected chi connectivity index (χ4v) is 2.84. The average molecular weight is 475 g/mol. The molecule has 0 spiro atoms. The summed E-state index contributed by atoms with van der Waals surface area (Å²) in [6.45, 7) is 0.779. The number of carbonyl (C=O) groups excluding carboxylic acids is 2. The first-order valence-corrected chi connectivity index (χ1v) is 8.74. The minimum Gasteiger partial charge on any atom is -0.480 e. The van der Waals surface area contributed by atoms with Gasteiger partial charge in [0.2, 0.25) is 15.9 Å². The van der Waals surface area contributed by atoms with Gasteiger partial charge in [-0.1, -0.05) is 11.6 Å². The zero-order valence-electron chi connectivity index (χ0n) is 13.4. The van der Waals surface area contributed by atoms with Gasteiger partial charge in [0.1, 0.15) is 4.90 Å². The molecule has 13 heteroatoms. The molecule has 146 valence electrons. The van der Waals surface area contributed by atoms with Crippen molar-refractivity contribution in [3.05, 3.63) is 22.7 Å². The lowest BCUT2D eigenvalue weighted by Crippen LogP contribution is -2.32. The van der Waals surface area contributed by atoms with E-state index in [-0.39, 0.29) is 46.4 Å². The van der Waals surface area contributed by atoms with Gasteiger partial charge in [0.25, 0.3) is 0 Å². The zero-order chi connectivity index (χ0) is 19.2. The summed E-state index contributed by atoms with van der Waals surface area (Å²) in [7, 11) is -4.28. The molecule has 0 saturated carbocycles. The van der Waals surface area contributed by atoms with Crippen LogP contribution in [0.5, 0.6) is 0 Å². The van der Waals surface area contributed by atoms with Crippen molar-refractivity contribution in [2.24, 2.45) is 5.14 Å². The van der Waals surface area contributed by atoms with Crippen LogP contribution in [0.4, 0.5) is 5.69 Å². The number of ether oxygens (including phenoxy) is 1. The Morgan fingerprint density at radius 2 is 1.88 bits per heavy atom. The van der Waals surface area contributed by atoms with E-state index in [9.17, 15) is 22.8 Å². The van der Waals surface area contributed by atoms with Crippen molar-refractivity contribution in [3.63, 3.8) is 0 Å². The first-order valence-electron chi connectivity index (χ1n) is 6.82. The van der Waals surface area contributed by atoms with Crippen LogP contribution in [0.2, 0.25) is 5.02 Å². The fraction of sp³-hybridized carbons (Fsp3) is 0.308. The number of carboxylic acids is 1. The molecule has 26 heavy (non-hydrogen) atoms. The SMILES string of the molecule is Br.CCOC(=O)c1cc(NC(=O)CNCC(=O)O)c(Cl)c(S(N)(=O)=O)c1. The van der Waals surface area contributed by atoms with E-state index in [1.807, 2.05) is 0 Å². The Morgan fingerprint density at radius 1 is 1.27 bits per heavy atom. The lowest BCUT2D eigenvalue weighted by atomic mass is 10.2. The highest BCUT2D eigenvalue weighted by Crippen LogP contribution is 2.31. The molecule has 0 aliphatic rings. The Bertz CT molecular complexity index is 801. The number of esters is 1. The van der Waals surface area contributed by atoms with Crippen LogP contribution >= 0.6 is 28.6 Å². The van der Waals surface area contributed by atoms with Crippen LogP contribution < -0.4 is 15.8 Å². The number of aliphatic carboxylic acids is 1. The number of anilines is 1. The Kier molecular flexibility index (Phi) is 9.73. The number of hydrogen-bond donors (Lipinski definition) is 4. The number of rotatable bonds is 8. The quantitative estimate of drug-likeness (QED) is 0.392. The van der Waals surface area contributed by atoms with Crippen LogP contribution in [-0.2, 0) is 24.3 Å². The Balaban J connectivity index is 0.00000625. The maximum absolute atomic E-state index is 11.8. The number of nitrogens with two attached hydrogens (primary N) is 1. The molecule has 0 atom stereocenters. The molecule has 0 unspecified atom stereocenters. The predicted molar refractivity (Wildman–Crippen MR) is 98.2 cm³/mol. The molecule has 1 aromatic rings. The number of sulfonamides is 1. The number of nitrogens with one attached hydrogen (secondary N) is 2. The van der Waals surface area contributed by atoms with Crippen LogP contribution in [0, 0.1) is 0 Å². The molecule has 1 amide bonds. The minimum atomic E-state index is -4.28. The molecule has 0 aliphatic carbocycles. The van der Waals surface area contributed by atoms with Crippen LogP contribution in [0.3, 0.4) is 0 Å². The van der Waals surface area contributed by atoms with Crippen molar-refractivity contribution in [1.29, 1.82) is 0 Å². The fourth-order valence-electron chi connectivity index (χ4n) is 1.71. The van der Waals surface area contributed by atoms with Crippen molar-refractivity contribution in [2.45, 2.75) is 11.8 Å². The number of carboxylic acid groups (broad SMARTS) is 1. The number of hydrogen-bond acceptors (Lipinski definition) is 7. The topological polar surface area (TPSA) is 165 Å². The van der Waals surface area contributed by atoms with Gasteiger partial charge >= 0.3 is 11.9 Å². The number of carbonyl (C=O) groups is 3. The highest BCUT2D eigenvalue weighted by molar-refractivity contribution is 8.93. The third-order valence-corrected chi connectivity index (χ3v) is 4.15. The van der Waals surface area contributed by atoms with Crippen molar-refractivity contribution < 1.29 is 32.6 Å². The third-order valence-electron chi connectivity index (χ3n) is 2.69. The maximum Gasteiger partial charge on any atom is 0.338 e. The van der Waals surface area contributed by atoms with Crippen molar-refractivity contribution in [1.82, 2.24) is 5.32 Å². The molecule has 0 bridgehead atoms. The molecular formula is C13H17BrClN3O7S. The summed E-state index contributed by atoms with van der Waals surface area (Å²) >= 11 is 5.94. The monoisotopic (exact) mass is 473 g/mol. The molecule has 1 aromatic carbocycles. The van der Waals surface area contributed by atoms with Gasteiger partial charge in [-0.05, 0) is 19.1 Å². The van der Waals surface area contributed by atoms with E-state index in [0.29, 0.717) is 0 Å². The van der Waals surface area contributed by atoms with Crippen molar-refractivity contribution >= 4 is 62.1 Å². The van der Waals surface area contributed by atoms with Crippen LogP contribution in [-0.4, -0.2) is 51.1 Å². The lowest BCUT2D eigenvalue weighted by Gasteiger charge is -2.13. The molecule has 10 nitrogen and oxygen atoms in total. The highest BCUT2D eigenvalue weighted by atomic mass is 79.9. The van der Waals surface area contributed by atoms with Crippen LogP contribution in [0.15, 0.2) is 17.0 Å². The van der Waals surface area contributed by atoms with Gasteiger partial charge in [0.15, 0.2) is 0 Å². The second kappa shape index (κ2) is 10.4. The number of amides is 1. The zero-order valence-corrected chi connectivity index (χ0v) is 16.7. The van der Waals surface area contributed by atoms with Gasteiger partial charge in [-0.3, -0.25) is 14.9 Å².